The van der Waals surface area contributed by atoms with Crippen molar-refractivity contribution >= 4 is 27.3 Å². The van der Waals surface area contributed by atoms with Crippen LogP contribution in [0, 0.1) is 6.92 Å². The molecule has 3 aromatic rings. The van der Waals surface area contributed by atoms with Crippen LogP contribution in [0.3, 0.4) is 0 Å². The van der Waals surface area contributed by atoms with Crippen LogP contribution in [-0.2, 0) is 16.4 Å². The van der Waals surface area contributed by atoms with Crippen LogP contribution in [0.15, 0.2) is 59.5 Å². The van der Waals surface area contributed by atoms with Crippen LogP contribution in [0.2, 0.25) is 0 Å². The molecule has 0 N–H and O–H groups in total. The first-order chi connectivity index (χ1) is 15.9. The summed E-state index contributed by atoms with van der Waals surface area (Å²) in [5.41, 5.74) is 1.87. The predicted molar refractivity (Wildman–Crippen MR) is 128 cm³/mol. The van der Waals surface area contributed by atoms with Gasteiger partial charge in [-0.2, -0.15) is 4.31 Å². The Morgan fingerprint density at radius 2 is 1.70 bits per heavy atom. The van der Waals surface area contributed by atoms with E-state index in [9.17, 15) is 13.2 Å². The Kier molecular flexibility index (Phi) is 7.11. The van der Waals surface area contributed by atoms with Gasteiger partial charge in [0.15, 0.2) is 0 Å². The molecule has 2 aromatic carbocycles. The second-order valence-electron chi connectivity index (χ2n) is 7.79. The zero-order chi connectivity index (χ0) is 23.4. The first-order valence-electron chi connectivity index (χ1n) is 10.9. The van der Waals surface area contributed by atoms with Crippen molar-refractivity contribution in [3.05, 3.63) is 75.7 Å². The average molecular weight is 486 g/mol. The number of sulfonamides is 1. The van der Waals surface area contributed by atoms with Crippen molar-refractivity contribution in [1.29, 1.82) is 0 Å². The largest absolute Gasteiger partial charge is 0.494 e. The van der Waals surface area contributed by atoms with E-state index in [0.717, 1.165) is 16.3 Å². The lowest BCUT2D eigenvalue weighted by molar-refractivity contribution is 0.0702. The second-order valence-corrected chi connectivity index (χ2v) is 10.8. The number of aryl methyl sites for hydroxylation is 1. The van der Waals surface area contributed by atoms with E-state index in [1.165, 1.54) is 15.6 Å². The molecule has 33 heavy (non-hydrogen) atoms. The van der Waals surface area contributed by atoms with Crippen LogP contribution in [0.25, 0.3) is 0 Å². The Labute approximate surface area is 198 Å². The third kappa shape index (κ3) is 5.26. The van der Waals surface area contributed by atoms with Gasteiger partial charge in [0.2, 0.25) is 10.0 Å². The third-order valence-electron chi connectivity index (χ3n) is 5.53. The summed E-state index contributed by atoms with van der Waals surface area (Å²) in [4.78, 5) is 20.3. The Hall–Kier alpha value is -2.75. The van der Waals surface area contributed by atoms with Gasteiger partial charge in [-0.3, -0.25) is 4.79 Å². The first kappa shape index (κ1) is 23.4. The van der Waals surface area contributed by atoms with Crippen molar-refractivity contribution < 1.29 is 17.9 Å². The number of thiazole rings is 1. The highest BCUT2D eigenvalue weighted by molar-refractivity contribution is 7.89. The minimum absolute atomic E-state index is 0.0811. The van der Waals surface area contributed by atoms with Gasteiger partial charge in [0.25, 0.3) is 5.91 Å². The molecule has 0 saturated carbocycles. The quantitative estimate of drug-likeness (QED) is 0.511. The number of aromatic nitrogens is 1. The lowest BCUT2D eigenvalue weighted by Crippen LogP contribution is -2.50. The molecule has 7 nitrogen and oxygen atoms in total. The van der Waals surface area contributed by atoms with Gasteiger partial charge in [0.1, 0.15) is 10.6 Å². The van der Waals surface area contributed by atoms with Crippen LogP contribution in [-0.4, -0.2) is 61.3 Å². The van der Waals surface area contributed by atoms with Crippen LogP contribution < -0.4 is 4.74 Å². The summed E-state index contributed by atoms with van der Waals surface area (Å²) in [5.74, 6) is 0.556. The molecule has 1 aliphatic heterocycles. The molecule has 1 aromatic heterocycles. The highest BCUT2D eigenvalue weighted by Gasteiger charge is 2.31. The predicted octanol–water partition coefficient (Wildman–Crippen LogP) is 3.59. The van der Waals surface area contributed by atoms with E-state index in [4.69, 9.17) is 4.74 Å². The maximum absolute atomic E-state index is 13.1. The van der Waals surface area contributed by atoms with Crippen molar-refractivity contribution in [2.24, 2.45) is 0 Å². The summed E-state index contributed by atoms with van der Waals surface area (Å²) in [6, 6.07) is 16.5. The van der Waals surface area contributed by atoms with Crippen LogP contribution in [0.5, 0.6) is 5.75 Å². The van der Waals surface area contributed by atoms with Gasteiger partial charge in [0, 0.05) is 32.6 Å². The maximum Gasteiger partial charge on any atom is 0.265 e. The fourth-order valence-corrected chi connectivity index (χ4v) is 6.28. The van der Waals surface area contributed by atoms with Gasteiger partial charge >= 0.3 is 0 Å². The number of nitrogens with zero attached hydrogens (tertiary/aromatic N) is 3. The molecule has 0 bridgehead atoms. The maximum atomic E-state index is 13.1. The number of hydrogen-bond acceptors (Lipinski definition) is 6. The molecule has 0 atom stereocenters. The molecule has 0 aliphatic carbocycles. The fraction of sp³-hybridized carbons (Fsp3) is 0.333. The van der Waals surface area contributed by atoms with Crippen molar-refractivity contribution in [1.82, 2.24) is 14.2 Å². The number of amides is 1. The topological polar surface area (TPSA) is 79.8 Å². The number of benzene rings is 2. The van der Waals surface area contributed by atoms with E-state index in [-0.39, 0.29) is 23.9 Å². The molecule has 9 heteroatoms. The van der Waals surface area contributed by atoms with Crippen LogP contribution in [0.1, 0.15) is 32.9 Å². The molecule has 1 aliphatic rings. The highest BCUT2D eigenvalue weighted by atomic mass is 32.2. The molecule has 1 amide bonds. The van der Waals surface area contributed by atoms with Gasteiger partial charge in [-0.05, 0) is 43.7 Å². The summed E-state index contributed by atoms with van der Waals surface area (Å²) < 4.78 is 32.8. The highest BCUT2D eigenvalue weighted by Crippen LogP contribution is 2.25. The molecule has 0 unspecified atom stereocenters. The van der Waals surface area contributed by atoms with Crippen molar-refractivity contribution in [3.8, 4) is 5.75 Å². The number of carbonyl (C=O) groups is 1. The fourth-order valence-electron chi connectivity index (χ4n) is 3.80. The van der Waals surface area contributed by atoms with Crippen molar-refractivity contribution in [3.63, 3.8) is 0 Å². The SMILES string of the molecule is CCOc1ccc(S(=O)(=O)N2CCN(C(=O)c3sc(Cc4ccccc4)nc3C)CC2)cc1. The van der Waals surface area contributed by atoms with Crippen LogP contribution in [0.4, 0.5) is 0 Å². The standard InChI is InChI=1S/C24H27N3O4S2/c1-3-31-20-9-11-21(12-10-20)33(29,30)27-15-13-26(14-16-27)24(28)23-18(2)25-22(32-23)17-19-7-5-4-6-8-19/h4-12H,3,13-17H2,1-2H3. The van der Waals surface area contributed by atoms with Gasteiger partial charge in [0.05, 0.1) is 22.2 Å². The summed E-state index contributed by atoms with van der Waals surface area (Å²) in [5, 5.41) is 0.902. The van der Waals surface area contributed by atoms with Crippen molar-refractivity contribution in [2.75, 3.05) is 32.8 Å². The minimum Gasteiger partial charge on any atom is -0.494 e. The van der Waals surface area contributed by atoms with Gasteiger partial charge in [-0.25, -0.2) is 13.4 Å². The second kappa shape index (κ2) is 10.0. The molecule has 0 spiro atoms. The number of rotatable bonds is 7. The van der Waals surface area contributed by atoms with E-state index in [1.54, 1.807) is 29.2 Å². The number of hydrogen-bond donors (Lipinski definition) is 0. The summed E-state index contributed by atoms with van der Waals surface area (Å²) in [6.45, 7) is 5.47. The zero-order valence-electron chi connectivity index (χ0n) is 18.7. The molecule has 4 rings (SSSR count). The van der Waals surface area contributed by atoms with Crippen LogP contribution >= 0.6 is 11.3 Å². The van der Waals surface area contributed by atoms with Gasteiger partial charge in [-0.1, -0.05) is 30.3 Å². The minimum atomic E-state index is -3.62. The lowest BCUT2D eigenvalue weighted by atomic mass is 10.2. The number of carbonyl (C=O) groups excluding carboxylic acids is 1. The average Bonchev–Trinajstić information content (AvgIpc) is 3.19. The number of piperazine rings is 1. The van der Waals surface area contributed by atoms with E-state index in [0.29, 0.717) is 36.7 Å². The molecule has 2 heterocycles. The molecule has 0 radical (unpaired) electrons. The first-order valence-corrected chi connectivity index (χ1v) is 13.2. The summed E-state index contributed by atoms with van der Waals surface area (Å²) in [6.07, 6.45) is 0.688. The van der Waals surface area contributed by atoms with E-state index in [1.807, 2.05) is 44.2 Å². The van der Waals surface area contributed by atoms with E-state index >= 15 is 0 Å². The van der Waals surface area contributed by atoms with Crippen molar-refractivity contribution in [2.45, 2.75) is 25.2 Å². The Balaban J connectivity index is 1.40. The van der Waals surface area contributed by atoms with Gasteiger partial charge < -0.3 is 9.64 Å². The van der Waals surface area contributed by atoms with E-state index < -0.39 is 10.0 Å². The van der Waals surface area contributed by atoms with Gasteiger partial charge in [-0.15, -0.1) is 11.3 Å². The molecular formula is C24H27N3O4S2. The monoisotopic (exact) mass is 485 g/mol. The Morgan fingerprint density at radius 1 is 1.03 bits per heavy atom. The Morgan fingerprint density at radius 3 is 2.33 bits per heavy atom. The lowest BCUT2D eigenvalue weighted by Gasteiger charge is -2.33. The summed E-state index contributed by atoms with van der Waals surface area (Å²) >= 11 is 1.42. The molecule has 1 saturated heterocycles. The molecule has 1 fully saturated rings. The number of ether oxygens (including phenoxy) is 1. The smallest absolute Gasteiger partial charge is 0.265 e. The summed E-state index contributed by atoms with van der Waals surface area (Å²) in [7, 11) is -3.62. The third-order valence-corrected chi connectivity index (χ3v) is 8.59. The zero-order valence-corrected chi connectivity index (χ0v) is 20.4. The normalized spacial score (nSPS) is 14.9. The molecular weight excluding hydrogens is 458 g/mol. The molecule has 174 valence electrons. The van der Waals surface area contributed by atoms with E-state index in [2.05, 4.69) is 4.98 Å². The Bertz CT molecular complexity index is 1200.